The number of halogens is 1. The minimum atomic E-state index is -0.437. The van der Waals surface area contributed by atoms with Crippen molar-refractivity contribution in [3.63, 3.8) is 0 Å². The zero-order valence-corrected chi connectivity index (χ0v) is 12.6. The number of carbonyl (C=O) groups excluding carboxylic acids is 2. The molecule has 0 spiro atoms. The minimum absolute atomic E-state index is 0.184. The number of carbonyl (C=O) groups is 2. The van der Waals surface area contributed by atoms with E-state index >= 15 is 0 Å². The minimum Gasteiger partial charge on any atom is -0.463 e. The van der Waals surface area contributed by atoms with Crippen LogP contribution in [-0.4, -0.2) is 24.1 Å². The van der Waals surface area contributed by atoms with Crippen LogP contribution in [0.1, 0.15) is 23.0 Å². The number of nitrogens with one attached hydrogen (secondary N) is 2. The molecule has 1 aromatic heterocycles. The average molecular weight is 320 g/mol. The van der Waals surface area contributed by atoms with Gasteiger partial charge in [0, 0.05) is 10.6 Å². The van der Waals surface area contributed by atoms with Crippen LogP contribution in [0.3, 0.4) is 0 Å². The summed E-state index contributed by atoms with van der Waals surface area (Å²) in [5, 5.41) is 6.91. The number of nitrogens with zero attached hydrogens (tertiary/aromatic N) is 1. The largest absolute Gasteiger partial charge is 0.463 e. The molecule has 2 rings (SSSR count). The van der Waals surface area contributed by atoms with Gasteiger partial charge < -0.3 is 9.73 Å². The molecule has 2 N–H and O–H groups in total. The number of hydrogen-bond donors (Lipinski definition) is 2. The molecule has 22 heavy (non-hydrogen) atoms. The Hall–Kier alpha value is -2.60. The van der Waals surface area contributed by atoms with Gasteiger partial charge in [-0.3, -0.25) is 9.59 Å². The highest BCUT2D eigenvalue weighted by Gasteiger charge is 2.08. The molecule has 0 bridgehead atoms. The van der Waals surface area contributed by atoms with Crippen LogP contribution in [0.15, 0.2) is 52.2 Å². The summed E-state index contributed by atoms with van der Waals surface area (Å²) in [4.78, 5) is 23.4. The Kier molecular flexibility index (Phi) is 5.32. The third-order valence-electron chi connectivity index (χ3n) is 2.74. The predicted octanol–water partition coefficient (Wildman–Crippen LogP) is 2.20. The van der Waals surface area contributed by atoms with Gasteiger partial charge in [-0.05, 0) is 43.3 Å². The summed E-state index contributed by atoms with van der Waals surface area (Å²) in [6.07, 6.45) is 1.52. The van der Waals surface area contributed by atoms with Crippen molar-refractivity contribution >= 4 is 29.1 Å². The molecular weight excluding hydrogens is 306 g/mol. The van der Waals surface area contributed by atoms with Crippen molar-refractivity contribution in [3.8, 4) is 0 Å². The first-order valence-corrected chi connectivity index (χ1v) is 6.85. The average Bonchev–Trinajstić information content (AvgIpc) is 3.05. The molecule has 7 heteroatoms. The van der Waals surface area contributed by atoms with Gasteiger partial charge >= 0.3 is 0 Å². The quantitative estimate of drug-likeness (QED) is 0.654. The summed E-state index contributed by atoms with van der Waals surface area (Å²) < 4.78 is 5.13. The van der Waals surface area contributed by atoms with E-state index in [4.69, 9.17) is 16.0 Å². The fraction of sp³-hybridized carbons (Fsp3) is 0.133. The smallest absolute Gasteiger partial charge is 0.259 e. The summed E-state index contributed by atoms with van der Waals surface area (Å²) in [6.45, 7) is 1.52. The van der Waals surface area contributed by atoms with Crippen molar-refractivity contribution in [1.29, 1.82) is 0 Å². The van der Waals surface area contributed by atoms with Crippen LogP contribution in [0.5, 0.6) is 0 Å². The van der Waals surface area contributed by atoms with Crippen molar-refractivity contribution in [1.82, 2.24) is 10.7 Å². The molecule has 0 saturated heterocycles. The van der Waals surface area contributed by atoms with Gasteiger partial charge in [-0.25, -0.2) is 5.43 Å². The van der Waals surface area contributed by atoms with Gasteiger partial charge in [0.1, 0.15) is 11.5 Å². The van der Waals surface area contributed by atoms with Crippen molar-refractivity contribution in [2.75, 3.05) is 6.54 Å². The number of hydrogen-bond acceptors (Lipinski definition) is 4. The van der Waals surface area contributed by atoms with Crippen molar-refractivity contribution in [3.05, 3.63) is 59.0 Å². The number of hydrazone groups is 1. The lowest BCUT2D eigenvalue weighted by molar-refractivity contribution is -0.120. The Morgan fingerprint density at radius 2 is 1.95 bits per heavy atom. The third kappa shape index (κ3) is 4.46. The Balaban J connectivity index is 1.81. The molecule has 0 aliphatic carbocycles. The molecule has 0 radical (unpaired) electrons. The lowest BCUT2D eigenvalue weighted by Gasteiger charge is -2.04. The predicted molar refractivity (Wildman–Crippen MR) is 82.8 cm³/mol. The maximum atomic E-state index is 11.8. The van der Waals surface area contributed by atoms with Crippen LogP contribution in [0.2, 0.25) is 5.02 Å². The first-order chi connectivity index (χ1) is 10.6. The Bertz CT molecular complexity index is 679. The number of amides is 2. The second-order valence-electron chi connectivity index (χ2n) is 4.40. The first-order valence-electron chi connectivity index (χ1n) is 6.47. The summed E-state index contributed by atoms with van der Waals surface area (Å²) >= 11 is 5.74. The highest BCUT2D eigenvalue weighted by atomic mass is 35.5. The molecule has 0 fully saturated rings. The molecule has 1 heterocycles. The number of furan rings is 1. The summed E-state index contributed by atoms with van der Waals surface area (Å²) in [7, 11) is 0. The van der Waals surface area contributed by atoms with Crippen molar-refractivity contribution in [2.45, 2.75) is 6.92 Å². The van der Waals surface area contributed by atoms with Crippen LogP contribution in [0.4, 0.5) is 0 Å². The molecule has 0 aliphatic heterocycles. The second kappa shape index (κ2) is 7.42. The lowest BCUT2D eigenvalue weighted by atomic mass is 10.2. The summed E-state index contributed by atoms with van der Waals surface area (Å²) in [6, 6.07) is 9.82. The van der Waals surface area contributed by atoms with Gasteiger partial charge in [0.15, 0.2) is 0 Å². The highest BCUT2D eigenvalue weighted by molar-refractivity contribution is 6.30. The molecular formula is C15H14ClN3O3. The molecule has 2 aromatic rings. The normalized spacial score (nSPS) is 11.1. The fourth-order valence-electron chi connectivity index (χ4n) is 1.59. The Morgan fingerprint density at radius 3 is 2.59 bits per heavy atom. The van der Waals surface area contributed by atoms with Gasteiger partial charge in [-0.15, -0.1) is 0 Å². The molecule has 1 aromatic carbocycles. The number of rotatable bonds is 5. The van der Waals surface area contributed by atoms with Gasteiger partial charge in [0.25, 0.3) is 11.8 Å². The number of benzene rings is 1. The highest BCUT2D eigenvalue weighted by Crippen LogP contribution is 2.09. The zero-order valence-electron chi connectivity index (χ0n) is 11.8. The van der Waals surface area contributed by atoms with E-state index in [2.05, 4.69) is 15.8 Å². The van der Waals surface area contributed by atoms with E-state index in [-0.39, 0.29) is 12.5 Å². The van der Waals surface area contributed by atoms with Crippen molar-refractivity contribution in [2.24, 2.45) is 5.10 Å². The summed E-state index contributed by atoms with van der Waals surface area (Å²) in [5.41, 5.74) is 3.29. The summed E-state index contributed by atoms with van der Waals surface area (Å²) in [5.74, 6) is -0.239. The van der Waals surface area contributed by atoms with Crippen LogP contribution in [-0.2, 0) is 4.79 Å². The molecule has 0 saturated carbocycles. The molecule has 114 valence electrons. The third-order valence-corrected chi connectivity index (χ3v) is 2.99. The van der Waals surface area contributed by atoms with Crippen LogP contribution < -0.4 is 10.7 Å². The maximum Gasteiger partial charge on any atom is 0.259 e. The Labute approximate surface area is 132 Å². The molecule has 0 aliphatic rings. The van der Waals surface area contributed by atoms with Gasteiger partial charge in [-0.1, -0.05) is 11.6 Å². The van der Waals surface area contributed by atoms with E-state index < -0.39 is 5.91 Å². The second-order valence-corrected chi connectivity index (χ2v) is 4.84. The van der Waals surface area contributed by atoms with Gasteiger partial charge in [0.2, 0.25) is 0 Å². The molecule has 6 nitrogen and oxygen atoms in total. The molecule has 2 amide bonds. The van der Waals surface area contributed by atoms with E-state index in [1.165, 1.54) is 6.26 Å². The van der Waals surface area contributed by atoms with Crippen LogP contribution >= 0.6 is 11.6 Å². The van der Waals surface area contributed by atoms with Crippen LogP contribution in [0.25, 0.3) is 0 Å². The lowest BCUT2D eigenvalue weighted by Crippen LogP contribution is -2.35. The van der Waals surface area contributed by atoms with Crippen molar-refractivity contribution < 1.29 is 14.0 Å². The van der Waals surface area contributed by atoms with Gasteiger partial charge in [0.05, 0.1) is 12.8 Å². The Morgan fingerprint density at radius 1 is 1.23 bits per heavy atom. The SMILES string of the molecule is C/C(=N\NC(=O)CNC(=O)c1ccc(Cl)cc1)c1ccco1. The zero-order chi connectivity index (χ0) is 15.9. The molecule has 0 unspecified atom stereocenters. The standard InChI is InChI=1S/C15H14ClN3O3/c1-10(13-3-2-8-22-13)18-19-14(20)9-17-15(21)11-4-6-12(16)7-5-11/h2-8H,9H2,1H3,(H,17,21)(H,19,20)/b18-10+. The molecule has 0 atom stereocenters. The topological polar surface area (TPSA) is 83.7 Å². The fourth-order valence-corrected chi connectivity index (χ4v) is 1.72. The van der Waals surface area contributed by atoms with E-state index in [0.29, 0.717) is 22.1 Å². The van der Waals surface area contributed by atoms with E-state index in [9.17, 15) is 9.59 Å². The van der Waals surface area contributed by atoms with E-state index in [0.717, 1.165) is 0 Å². The van der Waals surface area contributed by atoms with E-state index in [1.807, 2.05) is 0 Å². The van der Waals surface area contributed by atoms with Crippen LogP contribution in [0, 0.1) is 0 Å². The van der Waals surface area contributed by atoms with Gasteiger partial charge in [-0.2, -0.15) is 5.10 Å². The monoisotopic (exact) mass is 319 g/mol. The first kappa shape index (κ1) is 15.8. The van der Waals surface area contributed by atoms with E-state index in [1.54, 1.807) is 43.3 Å². The maximum absolute atomic E-state index is 11.8.